The van der Waals surface area contributed by atoms with Gasteiger partial charge >= 0.3 is 0 Å². The smallest absolute Gasteiger partial charge is 0.293 e. The minimum absolute atomic E-state index is 0.00425. The summed E-state index contributed by atoms with van der Waals surface area (Å²) in [5.74, 6) is -0.362. The lowest BCUT2D eigenvalue weighted by atomic mass is 10.0. The van der Waals surface area contributed by atoms with Crippen molar-refractivity contribution in [3.8, 4) is 5.69 Å². The summed E-state index contributed by atoms with van der Waals surface area (Å²) in [6.07, 6.45) is 2.23. The van der Waals surface area contributed by atoms with Crippen LogP contribution in [0.3, 0.4) is 0 Å². The Kier molecular flexibility index (Phi) is 5.64. The highest BCUT2D eigenvalue weighted by molar-refractivity contribution is 6.45. The lowest BCUT2D eigenvalue weighted by Gasteiger charge is -2.14. The van der Waals surface area contributed by atoms with Crippen LogP contribution in [0.15, 0.2) is 35.5 Å². The van der Waals surface area contributed by atoms with Gasteiger partial charge in [0, 0.05) is 32.0 Å². The first-order valence-corrected chi connectivity index (χ1v) is 11.1. The molecule has 2 atom stereocenters. The molecule has 8 nitrogen and oxygen atoms in total. The number of methoxy groups -OCH3 is 1. The summed E-state index contributed by atoms with van der Waals surface area (Å²) in [5.41, 5.74) is 1.14. The Bertz CT molecular complexity index is 1290. The number of benzene rings is 1. The molecule has 0 unspecified atom stereocenters. The van der Waals surface area contributed by atoms with Crippen molar-refractivity contribution in [2.75, 3.05) is 20.2 Å². The number of amides is 1. The number of rotatable bonds is 3. The molecule has 4 heterocycles. The van der Waals surface area contributed by atoms with Crippen molar-refractivity contribution in [3.05, 3.63) is 69.2 Å². The van der Waals surface area contributed by atoms with Gasteiger partial charge in [-0.2, -0.15) is 0 Å². The summed E-state index contributed by atoms with van der Waals surface area (Å²) in [6.45, 7) is 2.83. The Balaban J connectivity index is 1.65. The van der Waals surface area contributed by atoms with E-state index in [2.05, 4.69) is 15.1 Å². The summed E-state index contributed by atoms with van der Waals surface area (Å²) >= 11 is 12.9. The Hall–Kier alpha value is -2.88. The molecule has 170 valence electrons. The van der Waals surface area contributed by atoms with E-state index in [1.54, 1.807) is 31.1 Å². The number of carbonyl (C=O) groups excluding carboxylic acids is 1. The molecule has 1 aromatic carbocycles. The summed E-state index contributed by atoms with van der Waals surface area (Å²) < 4.78 is 21.6. The van der Waals surface area contributed by atoms with Crippen LogP contribution in [-0.4, -0.2) is 62.6 Å². The molecule has 0 spiro atoms. The molecule has 2 aliphatic rings. The van der Waals surface area contributed by atoms with E-state index in [0.717, 1.165) is 6.42 Å². The lowest BCUT2D eigenvalue weighted by Crippen LogP contribution is -2.31. The highest BCUT2D eigenvalue weighted by Gasteiger charge is 2.34. The van der Waals surface area contributed by atoms with Crippen LogP contribution in [0.4, 0.5) is 4.39 Å². The van der Waals surface area contributed by atoms with Gasteiger partial charge in [-0.3, -0.25) is 14.8 Å². The zero-order valence-corrected chi connectivity index (χ0v) is 19.3. The fourth-order valence-electron chi connectivity index (χ4n) is 4.11. The topological polar surface area (TPSA) is 85.5 Å². The predicted octanol–water partition coefficient (Wildman–Crippen LogP) is 3.88. The van der Waals surface area contributed by atoms with Gasteiger partial charge in [0.2, 0.25) is 5.82 Å². The molecule has 1 amide bonds. The Morgan fingerprint density at radius 1 is 1.27 bits per heavy atom. The summed E-state index contributed by atoms with van der Waals surface area (Å²) in [4.78, 5) is 28.1. The quantitative estimate of drug-likeness (QED) is 0.558. The van der Waals surface area contributed by atoms with Gasteiger partial charge in [-0.25, -0.2) is 14.1 Å². The zero-order chi connectivity index (χ0) is 23.3. The van der Waals surface area contributed by atoms with Gasteiger partial charge in [0.05, 0.1) is 27.5 Å². The molecule has 0 aliphatic carbocycles. The molecule has 0 N–H and O–H groups in total. The first-order chi connectivity index (χ1) is 15.9. The monoisotopic (exact) mass is 488 g/mol. The summed E-state index contributed by atoms with van der Waals surface area (Å²) in [6, 6.07) is 5.54. The third-order valence-corrected chi connectivity index (χ3v) is 6.61. The van der Waals surface area contributed by atoms with Crippen LogP contribution in [0.1, 0.15) is 47.1 Å². The number of ether oxygens (including phenoxy) is 1. The van der Waals surface area contributed by atoms with E-state index >= 15 is 0 Å². The maximum absolute atomic E-state index is 14.7. The van der Waals surface area contributed by atoms with Crippen LogP contribution in [-0.2, 0) is 4.74 Å². The number of aromatic nitrogens is 4. The molecule has 3 aromatic rings. The van der Waals surface area contributed by atoms with Gasteiger partial charge in [0.15, 0.2) is 11.6 Å². The minimum Gasteiger partial charge on any atom is -0.380 e. The highest BCUT2D eigenvalue weighted by Crippen LogP contribution is 2.37. The molecule has 0 radical (unpaired) electrons. The molecular formula is C22H19Cl2FN6O2. The van der Waals surface area contributed by atoms with Gasteiger partial charge in [-0.15, -0.1) is 5.10 Å². The second-order valence-corrected chi connectivity index (χ2v) is 8.63. The number of pyridine rings is 1. The first kappa shape index (κ1) is 21.9. The van der Waals surface area contributed by atoms with Crippen LogP contribution in [0.25, 0.3) is 5.69 Å². The van der Waals surface area contributed by atoms with Gasteiger partial charge in [0.25, 0.3) is 5.91 Å². The van der Waals surface area contributed by atoms with Crippen molar-refractivity contribution in [3.63, 3.8) is 0 Å². The van der Waals surface area contributed by atoms with E-state index in [9.17, 15) is 9.18 Å². The van der Waals surface area contributed by atoms with Crippen molar-refractivity contribution in [1.82, 2.24) is 24.6 Å². The van der Waals surface area contributed by atoms with E-state index in [-0.39, 0.29) is 39.3 Å². The predicted molar refractivity (Wildman–Crippen MR) is 121 cm³/mol. The second kappa shape index (κ2) is 8.48. The average molecular weight is 489 g/mol. The molecule has 5 rings (SSSR count). The number of hydrogen-bond donors (Lipinski definition) is 0. The van der Waals surface area contributed by atoms with Crippen LogP contribution in [0.2, 0.25) is 10.0 Å². The molecule has 1 fully saturated rings. The third kappa shape index (κ3) is 3.70. The van der Waals surface area contributed by atoms with Gasteiger partial charge in [-0.05, 0) is 37.6 Å². The highest BCUT2D eigenvalue weighted by atomic mass is 35.5. The van der Waals surface area contributed by atoms with Crippen molar-refractivity contribution < 1.29 is 13.9 Å². The van der Waals surface area contributed by atoms with E-state index in [0.29, 0.717) is 30.2 Å². The van der Waals surface area contributed by atoms with E-state index < -0.39 is 11.9 Å². The fraction of sp³-hybridized carbons (Fsp3) is 0.318. The minimum atomic E-state index is -0.567. The maximum atomic E-state index is 14.7. The zero-order valence-electron chi connectivity index (χ0n) is 17.8. The lowest BCUT2D eigenvalue weighted by molar-refractivity contribution is 0.0713. The van der Waals surface area contributed by atoms with Crippen LogP contribution < -0.4 is 0 Å². The van der Waals surface area contributed by atoms with Crippen molar-refractivity contribution in [2.45, 2.75) is 25.5 Å². The van der Waals surface area contributed by atoms with Gasteiger partial charge in [-0.1, -0.05) is 23.2 Å². The van der Waals surface area contributed by atoms with E-state index in [4.69, 9.17) is 32.9 Å². The maximum Gasteiger partial charge on any atom is 0.293 e. The molecule has 2 aliphatic heterocycles. The fourth-order valence-corrected chi connectivity index (χ4v) is 4.51. The standard InChI is InChI=1S/C22H19Cl2FN6O2/c1-11-21-28-20(22(32)30-9-7-12(10-30)33-2)29-31(21)15-6-5-13(23)17(24)16(15)19(27-11)18-14(25)4-3-8-26-18/h3-6,8,11-12H,7,9-10H2,1-2H3/t11-,12-/m0/s1. The van der Waals surface area contributed by atoms with Gasteiger partial charge in [0.1, 0.15) is 11.7 Å². The number of nitrogens with zero attached hydrogens (tertiary/aromatic N) is 6. The van der Waals surface area contributed by atoms with Crippen LogP contribution in [0.5, 0.6) is 0 Å². The van der Waals surface area contributed by atoms with E-state index in [1.807, 2.05) is 0 Å². The number of likely N-dealkylation sites (tertiary alicyclic amines) is 1. The Morgan fingerprint density at radius 3 is 2.82 bits per heavy atom. The van der Waals surface area contributed by atoms with Crippen molar-refractivity contribution in [2.24, 2.45) is 4.99 Å². The first-order valence-electron chi connectivity index (χ1n) is 10.4. The molecule has 11 heteroatoms. The molecule has 33 heavy (non-hydrogen) atoms. The Labute approximate surface area is 199 Å². The van der Waals surface area contributed by atoms with E-state index in [1.165, 1.54) is 23.0 Å². The van der Waals surface area contributed by atoms with Crippen molar-refractivity contribution in [1.29, 1.82) is 0 Å². The van der Waals surface area contributed by atoms with Crippen LogP contribution in [0, 0.1) is 5.82 Å². The third-order valence-electron chi connectivity index (χ3n) is 5.81. The molecule has 1 saturated heterocycles. The molecular weight excluding hydrogens is 470 g/mol. The Morgan fingerprint density at radius 2 is 2.09 bits per heavy atom. The largest absolute Gasteiger partial charge is 0.380 e. The number of carbonyl (C=O) groups is 1. The molecule has 0 bridgehead atoms. The number of halogens is 3. The van der Waals surface area contributed by atoms with Crippen molar-refractivity contribution >= 4 is 34.8 Å². The SMILES string of the molecule is CO[C@H]1CCN(C(=O)c2nc3n(n2)-c2ccc(Cl)c(Cl)c2C(c2ncccc2F)=N[C@H]3C)C1. The summed E-state index contributed by atoms with van der Waals surface area (Å²) in [7, 11) is 1.63. The number of fused-ring (bicyclic) bond motifs is 3. The normalized spacial score (nSPS) is 19.7. The van der Waals surface area contributed by atoms with Crippen LogP contribution >= 0.6 is 23.2 Å². The number of hydrogen-bond acceptors (Lipinski definition) is 6. The number of aliphatic imine (C=N–C) groups is 1. The van der Waals surface area contributed by atoms with Gasteiger partial charge < -0.3 is 9.64 Å². The average Bonchev–Trinajstić information content (AvgIpc) is 3.45. The molecule has 0 saturated carbocycles. The molecule has 2 aromatic heterocycles. The summed E-state index contributed by atoms with van der Waals surface area (Å²) in [5, 5.41) is 4.96. The second-order valence-electron chi connectivity index (χ2n) is 7.85.